The van der Waals surface area contributed by atoms with Crippen LogP contribution in [-0.4, -0.2) is 28.1 Å². The van der Waals surface area contributed by atoms with Gasteiger partial charge in [-0.15, -0.1) is 0 Å². The van der Waals surface area contributed by atoms with Gasteiger partial charge in [-0.2, -0.15) is 0 Å². The zero-order chi connectivity index (χ0) is 12.7. The summed E-state index contributed by atoms with van der Waals surface area (Å²) in [5.41, 5.74) is 8.91. The third-order valence-corrected chi connectivity index (χ3v) is 1.36. The van der Waals surface area contributed by atoms with E-state index in [4.69, 9.17) is 15.6 Å². The summed E-state index contributed by atoms with van der Waals surface area (Å²) in [4.78, 5) is 20.8. The maximum Gasteiger partial charge on any atom is 0.335 e. The highest BCUT2D eigenvalue weighted by Crippen LogP contribution is 2.04. The molecule has 1 rings (SSSR count). The highest BCUT2D eigenvalue weighted by molar-refractivity contribution is 5.93. The third-order valence-electron chi connectivity index (χ3n) is 1.36. The van der Waals surface area contributed by atoms with E-state index in [-0.39, 0.29) is 17.1 Å². The predicted octanol–water partition coefficient (Wildman–Crippen LogP) is -0.0784. The van der Waals surface area contributed by atoms with Gasteiger partial charge in [-0.05, 0) is 18.2 Å². The number of nitrogens with two attached hydrogens (primary N) is 2. The second-order valence-corrected chi connectivity index (χ2v) is 2.65. The lowest BCUT2D eigenvalue weighted by Gasteiger charge is -1.95. The third kappa shape index (κ3) is 5.22. The van der Waals surface area contributed by atoms with E-state index in [0.29, 0.717) is 0 Å². The van der Waals surface area contributed by atoms with Gasteiger partial charge in [-0.3, -0.25) is 5.41 Å². The first kappa shape index (κ1) is 13.4. The number of guanidine groups is 1. The molecule has 0 bridgehead atoms. The number of carbonyl (C=O) groups is 2. The van der Waals surface area contributed by atoms with Crippen molar-refractivity contribution in [2.75, 3.05) is 0 Å². The Labute approximate surface area is 90.8 Å². The minimum atomic E-state index is -1.13. The Morgan fingerprint density at radius 1 is 1.06 bits per heavy atom. The molecule has 0 amide bonds. The summed E-state index contributed by atoms with van der Waals surface area (Å²) in [5.74, 6) is -2.59. The monoisotopic (exact) mass is 225 g/mol. The van der Waals surface area contributed by atoms with Gasteiger partial charge in [0, 0.05) is 0 Å². The fourth-order valence-electron chi connectivity index (χ4n) is 0.785. The molecule has 0 aliphatic rings. The molecule has 7 heteroatoms. The molecule has 7 N–H and O–H groups in total. The Morgan fingerprint density at radius 3 is 1.62 bits per heavy atom. The number of carboxylic acid groups (broad SMARTS) is 2. The van der Waals surface area contributed by atoms with Gasteiger partial charge in [0.05, 0.1) is 11.1 Å². The molecule has 0 atom stereocenters. The number of hydrogen-bond donors (Lipinski definition) is 5. The van der Waals surface area contributed by atoms with Gasteiger partial charge >= 0.3 is 11.9 Å². The van der Waals surface area contributed by atoms with Gasteiger partial charge in [-0.1, -0.05) is 6.07 Å². The fraction of sp³-hybridized carbons (Fsp3) is 0. The average Bonchev–Trinajstić information content (AvgIpc) is 2.17. The molecule has 1 aromatic rings. The minimum absolute atomic E-state index is 0.0186. The van der Waals surface area contributed by atoms with E-state index in [1.54, 1.807) is 0 Å². The molecular weight excluding hydrogens is 214 g/mol. The zero-order valence-electron chi connectivity index (χ0n) is 8.18. The van der Waals surface area contributed by atoms with Gasteiger partial charge in [0.25, 0.3) is 0 Å². The van der Waals surface area contributed by atoms with Crippen LogP contribution in [-0.2, 0) is 0 Å². The van der Waals surface area contributed by atoms with Crippen LogP contribution in [0.25, 0.3) is 0 Å². The normalized spacial score (nSPS) is 8.50. The molecule has 0 fully saturated rings. The lowest BCUT2D eigenvalue weighted by molar-refractivity contribution is 0.0696. The van der Waals surface area contributed by atoms with E-state index in [1.165, 1.54) is 18.2 Å². The quantitative estimate of drug-likeness (QED) is 0.351. The summed E-state index contributed by atoms with van der Waals surface area (Å²) in [6.07, 6.45) is 0. The van der Waals surface area contributed by atoms with Crippen molar-refractivity contribution in [1.82, 2.24) is 0 Å². The van der Waals surface area contributed by atoms with Gasteiger partial charge in [0.15, 0.2) is 5.96 Å². The Kier molecular flexibility index (Phi) is 5.05. The largest absolute Gasteiger partial charge is 0.478 e. The summed E-state index contributed by atoms with van der Waals surface area (Å²) < 4.78 is 0. The number of rotatable bonds is 2. The van der Waals surface area contributed by atoms with Crippen LogP contribution in [0.1, 0.15) is 20.7 Å². The topological polar surface area (TPSA) is 150 Å². The Hall–Kier alpha value is -2.57. The van der Waals surface area contributed by atoms with E-state index in [2.05, 4.69) is 11.5 Å². The number of aromatic carboxylic acids is 2. The van der Waals surface area contributed by atoms with E-state index < -0.39 is 11.9 Å². The molecule has 0 aliphatic heterocycles. The molecule has 0 saturated carbocycles. The van der Waals surface area contributed by atoms with Crippen LogP contribution in [0, 0.1) is 5.41 Å². The summed E-state index contributed by atoms with van der Waals surface area (Å²) in [7, 11) is 0. The molecule has 7 nitrogen and oxygen atoms in total. The van der Waals surface area contributed by atoms with Gasteiger partial charge in [0.1, 0.15) is 0 Å². The van der Waals surface area contributed by atoms with Crippen LogP contribution in [0.5, 0.6) is 0 Å². The number of carboxylic acids is 2. The van der Waals surface area contributed by atoms with Crippen LogP contribution in [0.15, 0.2) is 24.3 Å². The smallest absolute Gasteiger partial charge is 0.335 e. The number of benzene rings is 1. The maximum atomic E-state index is 10.4. The summed E-state index contributed by atoms with van der Waals surface area (Å²) in [5, 5.41) is 23.1. The molecule has 0 spiro atoms. The second-order valence-electron chi connectivity index (χ2n) is 2.65. The SMILES string of the molecule is N=C(N)N.O=C(O)c1cccc(C(=O)O)c1. The second kappa shape index (κ2) is 6.02. The maximum absolute atomic E-state index is 10.4. The molecule has 0 unspecified atom stereocenters. The molecular formula is C9H11N3O4. The van der Waals surface area contributed by atoms with Crippen molar-refractivity contribution < 1.29 is 19.8 Å². The van der Waals surface area contributed by atoms with Crippen LogP contribution >= 0.6 is 0 Å². The molecule has 16 heavy (non-hydrogen) atoms. The first-order chi connectivity index (χ1) is 7.34. The summed E-state index contributed by atoms with van der Waals surface area (Å²) >= 11 is 0. The first-order valence-corrected chi connectivity index (χ1v) is 4.00. The summed E-state index contributed by atoms with van der Waals surface area (Å²) in [6.45, 7) is 0. The van der Waals surface area contributed by atoms with Crippen LogP contribution in [0.2, 0.25) is 0 Å². The standard InChI is InChI=1S/C8H6O4.CH5N3/c9-7(10)5-2-1-3-6(4-5)8(11)12;2-1(3)4/h1-4H,(H,9,10)(H,11,12);(H5,2,3,4). The van der Waals surface area contributed by atoms with Gasteiger partial charge < -0.3 is 21.7 Å². The van der Waals surface area contributed by atoms with Crippen molar-refractivity contribution in [2.45, 2.75) is 0 Å². The van der Waals surface area contributed by atoms with Crippen LogP contribution in [0.3, 0.4) is 0 Å². The lowest BCUT2D eigenvalue weighted by Crippen LogP contribution is -2.20. The molecule has 1 aromatic carbocycles. The van der Waals surface area contributed by atoms with Crippen molar-refractivity contribution in [3.05, 3.63) is 35.4 Å². The van der Waals surface area contributed by atoms with Crippen molar-refractivity contribution >= 4 is 17.9 Å². The average molecular weight is 225 g/mol. The molecule has 86 valence electrons. The van der Waals surface area contributed by atoms with Gasteiger partial charge in [0.2, 0.25) is 0 Å². The van der Waals surface area contributed by atoms with Gasteiger partial charge in [-0.25, -0.2) is 9.59 Å². The highest BCUT2D eigenvalue weighted by atomic mass is 16.4. The Balaban J connectivity index is 0.000000487. The van der Waals surface area contributed by atoms with Crippen molar-refractivity contribution in [3.63, 3.8) is 0 Å². The highest BCUT2D eigenvalue weighted by Gasteiger charge is 2.06. The molecule has 0 aliphatic carbocycles. The molecule has 0 radical (unpaired) electrons. The number of nitrogens with one attached hydrogen (secondary N) is 1. The van der Waals surface area contributed by atoms with Crippen LogP contribution in [0.4, 0.5) is 0 Å². The van der Waals surface area contributed by atoms with E-state index in [1.807, 2.05) is 0 Å². The molecule has 0 saturated heterocycles. The first-order valence-electron chi connectivity index (χ1n) is 4.00. The van der Waals surface area contributed by atoms with E-state index >= 15 is 0 Å². The molecule has 0 heterocycles. The van der Waals surface area contributed by atoms with E-state index in [0.717, 1.165) is 6.07 Å². The van der Waals surface area contributed by atoms with E-state index in [9.17, 15) is 9.59 Å². The van der Waals surface area contributed by atoms with Crippen molar-refractivity contribution in [2.24, 2.45) is 11.5 Å². The van der Waals surface area contributed by atoms with Crippen molar-refractivity contribution in [3.8, 4) is 0 Å². The fourth-order valence-corrected chi connectivity index (χ4v) is 0.785. The summed E-state index contributed by atoms with van der Waals surface area (Å²) in [6, 6.07) is 5.20. The van der Waals surface area contributed by atoms with Crippen LogP contribution < -0.4 is 11.5 Å². The molecule has 0 aromatic heterocycles. The zero-order valence-corrected chi connectivity index (χ0v) is 8.18. The predicted molar refractivity (Wildman–Crippen MR) is 56.5 cm³/mol. The minimum Gasteiger partial charge on any atom is -0.478 e. The Bertz CT molecular complexity index is 384. The number of hydrogen-bond acceptors (Lipinski definition) is 3. The Morgan fingerprint density at radius 2 is 1.38 bits per heavy atom. The lowest BCUT2D eigenvalue weighted by atomic mass is 10.1. The van der Waals surface area contributed by atoms with Crippen molar-refractivity contribution in [1.29, 1.82) is 5.41 Å².